The summed E-state index contributed by atoms with van der Waals surface area (Å²) in [6, 6.07) is 8.36. The zero-order valence-electron chi connectivity index (χ0n) is 10.5. The summed E-state index contributed by atoms with van der Waals surface area (Å²) in [5.41, 5.74) is 1.65. The molecule has 1 aliphatic rings. The molecule has 0 unspecified atom stereocenters. The van der Waals surface area contributed by atoms with E-state index in [9.17, 15) is 0 Å². The second-order valence-electron chi connectivity index (χ2n) is 5.30. The summed E-state index contributed by atoms with van der Waals surface area (Å²) < 4.78 is 5.96. The fraction of sp³-hybridized carbons (Fsp3) is 0.600. The first-order chi connectivity index (χ1) is 8.24. The van der Waals surface area contributed by atoms with E-state index >= 15 is 0 Å². The second-order valence-corrected chi connectivity index (χ2v) is 5.86. The van der Waals surface area contributed by atoms with Crippen molar-refractivity contribution >= 4 is 15.9 Å². The molecule has 0 aromatic heterocycles. The minimum atomic E-state index is 0.364. The van der Waals surface area contributed by atoms with Crippen molar-refractivity contribution in [1.82, 2.24) is 0 Å². The number of rotatable bonds is 4. The van der Waals surface area contributed by atoms with Crippen LogP contribution in [0.3, 0.4) is 0 Å². The first-order valence-corrected chi connectivity index (χ1v) is 7.62. The van der Waals surface area contributed by atoms with Gasteiger partial charge in [-0.3, -0.25) is 0 Å². The van der Waals surface area contributed by atoms with Gasteiger partial charge in [0, 0.05) is 10.7 Å². The fourth-order valence-electron chi connectivity index (χ4n) is 2.49. The van der Waals surface area contributed by atoms with Gasteiger partial charge in [-0.25, -0.2) is 0 Å². The maximum Gasteiger partial charge on any atom is 0.119 e. The maximum absolute atomic E-state index is 5.96. The third-order valence-electron chi connectivity index (χ3n) is 3.76. The van der Waals surface area contributed by atoms with E-state index in [4.69, 9.17) is 4.74 Å². The number of hydrogen-bond donors (Lipinski definition) is 0. The van der Waals surface area contributed by atoms with Crippen LogP contribution in [-0.2, 0) is 0 Å². The van der Waals surface area contributed by atoms with Crippen LogP contribution in [0.5, 0.6) is 5.75 Å². The third-order valence-corrected chi connectivity index (χ3v) is 4.95. The molecule has 0 bridgehead atoms. The van der Waals surface area contributed by atoms with Crippen molar-refractivity contribution in [1.29, 1.82) is 0 Å². The molecular weight excluding hydrogens is 276 g/mol. The predicted octanol–water partition coefficient (Wildman–Crippen LogP) is 4.72. The van der Waals surface area contributed by atoms with Gasteiger partial charge in [-0.15, -0.1) is 0 Å². The molecule has 0 heterocycles. The highest BCUT2D eigenvalue weighted by Crippen LogP contribution is 2.38. The van der Waals surface area contributed by atoms with E-state index < -0.39 is 0 Å². The van der Waals surface area contributed by atoms with Crippen molar-refractivity contribution in [2.45, 2.75) is 39.0 Å². The van der Waals surface area contributed by atoms with Gasteiger partial charge in [-0.05, 0) is 31.9 Å². The molecule has 1 fully saturated rings. The van der Waals surface area contributed by atoms with Crippen LogP contribution in [0.25, 0.3) is 0 Å². The van der Waals surface area contributed by atoms with Gasteiger partial charge in [0.1, 0.15) is 5.75 Å². The molecule has 0 amide bonds. The number of hydrogen-bond acceptors (Lipinski definition) is 1. The highest BCUT2D eigenvalue weighted by molar-refractivity contribution is 9.09. The monoisotopic (exact) mass is 296 g/mol. The summed E-state index contributed by atoms with van der Waals surface area (Å²) >= 11 is 3.67. The maximum atomic E-state index is 5.96. The lowest BCUT2D eigenvalue weighted by Gasteiger charge is -2.35. The molecule has 2 rings (SSSR count). The van der Waals surface area contributed by atoms with Gasteiger partial charge in [0.2, 0.25) is 0 Å². The molecule has 94 valence electrons. The van der Waals surface area contributed by atoms with Gasteiger partial charge in [0.15, 0.2) is 0 Å². The molecule has 0 spiro atoms. The molecule has 0 N–H and O–H groups in total. The summed E-state index contributed by atoms with van der Waals surface area (Å²) in [7, 11) is 0. The smallest absolute Gasteiger partial charge is 0.119 e. The van der Waals surface area contributed by atoms with Crippen molar-refractivity contribution in [3.63, 3.8) is 0 Å². The molecule has 1 nitrogen and oxygen atoms in total. The number of alkyl halides is 1. The zero-order chi connectivity index (χ0) is 12.1. The van der Waals surface area contributed by atoms with Crippen LogP contribution >= 0.6 is 15.9 Å². The minimum absolute atomic E-state index is 0.364. The summed E-state index contributed by atoms with van der Waals surface area (Å²) in [6.45, 7) is 2.95. The van der Waals surface area contributed by atoms with Crippen LogP contribution in [0.1, 0.15) is 37.7 Å². The Labute approximate surface area is 113 Å². The Morgan fingerprint density at radius 3 is 2.35 bits per heavy atom. The number of ether oxygens (including phenoxy) is 1. The van der Waals surface area contributed by atoms with E-state index in [-0.39, 0.29) is 0 Å². The molecule has 0 atom stereocenters. The minimum Gasteiger partial charge on any atom is -0.493 e. The molecule has 17 heavy (non-hydrogen) atoms. The first kappa shape index (κ1) is 12.9. The number of benzene rings is 1. The molecule has 1 aromatic rings. The lowest BCUT2D eigenvalue weighted by Crippen LogP contribution is -2.32. The average Bonchev–Trinajstić information content (AvgIpc) is 2.39. The van der Waals surface area contributed by atoms with E-state index in [1.807, 2.05) is 0 Å². The van der Waals surface area contributed by atoms with E-state index in [2.05, 4.69) is 47.1 Å². The molecule has 1 aliphatic carbocycles. The van der Waals surface area contributed by atoms with Gasteiger partial charge in [-0.2, -0.15) is 0 Å². The number of aryl methyl sites for hydroxylation is 1. The first-order valence-electron chi connectivity index (χ1n) is 6.50. The van der Waals surface area contributed by atoms with E-state index in [0.717, 1.165) is 17.7 Å². The van der Waals surface area contributed by atoms with Gasteiger partial charge in [0.05, 0.1) is 6.61 Å². The Kier molecular flexibility index (Phi) is 4.49. The van der Waals surface area contributed by atoms with Crippen LogP contribution in [0, 0.1) is 12.3 Å². The van der Waals surface area contributed by atoms with Crippen LogP contribution in [0.2, 0.25) is 0 Å². The van der Waals surface area contributed by atoms with E-state index in [1.54, 1.807) is 0 Å². The molecule has 0 radical (unpaired) electrons. The Hall–Kier alpha value is -0.500. The predicted molar refractivity (Wildman–Crippen MR) is 76.0 cm³/mol. The van der Waals surface area contributed by atoms with Crippen molar-refractivity contribution < 1.29 is 4.74 Å². The molecule has 2 heteroatoms. The summed E-state index contributed by atoms with van der Waals surface area (Å²) in [4.78, 5) is 0. The average molecular weight is 297 g/mol. The SMILES string of the molecule is Cc1ccc(OCC2(CBr)CCCCC2)cc1. The van der Waals surface area contributed by atoms with Gasteiger partial charge in [-0.1, -0.05) is 52.9 Å². The van der Waals surface area contributed by atoms with E-state index in [1.165, 1.54) is 37.7 Å². The normalized spacial score (nSPS) is 18.9. The number of halogens is 1. The summed E-state index contributed by atoms with van der Waals surface area (Å²) in [6.07, 6.45) is 6.68. The van der Waals surface area contributed by atoms with Crippen molar-refractivity contribution in [2.24, 2.45) is 5.41 Å². The third kappa shape index (κ3) is 3.48. The van der Waals surface area contributed by atoms with Crippen LogP contribution < -0.4 is 4.74 Å². The molecule has 0 aliphatic heterocycles. The molecular formula is C15H21BrO. The standard InChI is InChI=1S/C15H21BrO/c1-13-5-7-14(8-6-13)17-12-15(11-16)9-3-2-4-10-15/h5-8H,2-4,9-12H2,1H3. The molecule has 1 aromatic carbocycles. The van der Waals surface area contributed by atoms with Crippen molar-refractivity contribution in [3.05, 3.63) is 29.8 Å². The summed E-state index contributed by atoms with van der Waals surface area (Å²) in [5.74, 6) is 1.00. The Morgan fingerprint density at radius 1 is 1.12 bits per heavy atom. The van der Waals surface area contributed by atoms with E-state index in [0.29, 0.717) is 5.41 Å². The highest BCUT2D eigenvalue weighted by Gasteiger charge is 2.31. The summed E-state index contributed by atoms with van der Waals surface area (Å²) in [5, 5.41) is 1.06. The van der Waals surface area contributed by atoms with Crippen molar-refractivity contribution in [3.8, 4) is 5.75 Å². The Balaban J connectivity index is 1.93. The van der Waals surface area contributed by atoms with Crippen LogP contribution in [-0.4, -0.2) is 11.9 Å². The lowest BCUT2D eigenvalue weighted by atomic mass is 9.76. The van der Waals surface area contributed by atoms with Crippen LogP contribution in [0.15, 0.2) is 24.3 Å². The Morgan fingerprint density at radius 2 is 1.76 bits per heavy atom. The van der Waals surface area contributed by atoms with Gasteiger partial charge < -0.3 is 4.74 Å². The topological polar surface area (TPSA) is 9.23 Å². The lowest BCUT2D eigenvalue weighted by molar-refractivity contribution is 0.122. The highest BCUT2D eigenvalue weighted by atomic mass is 79.9. The van der Waals surface area contributed by atoms with Gasteiger partial charge >= 0.3 is 0 Å². The molecule has 1 saturated carbocycles. The fourth-order valence-corrected chi connectivity index (χ4v) is 3.21. The molecule has 0 saturated heterocycles. The Bertz CT molecular complexity index is 338. The van der Waals surface area contributed by atoms with Crippen LogP contribution in [0.4, 0.5) is 0 Å². The van der Waals surface area contributed by atoms with Gasteiger partial charge in [0.25, 0.3) is 0 Å². The zero-order valence-corrected chi connectivity index (χ0v) is 12.1. The second kappa shape index (κ2) is 5.90. The quantitative estimate of drug-likeness (QED) is 0.731. The largest absolute Gasteiger partial charge is 0.493 e. The van der Waals surface area contributed by atoms with Crippen molar-refractivity contribution in [2.75, 3.05) is 11.9 Å².